The van der Waals surface area contributed by atoms with Gasteiger partial charge in [-0.1, -0.05) is 11.8 Å². The van der Waals surface area contributed by atoms with Crippen molar-refractivity contribution in [2.45, 2.75) is 38.6 Å². The van der Waals surface area contributed by atoms with Gasteiger partial charge in [-0.2, -0.15) is 0 Å². The Kier molecular flexibility index (Phi) is 3.80. The molecule has 0 aromatic carbocycles. The summed E-state index contributed by atoms with van der Waals surface area (Å²) >= 11 is 0. The van der Waals surface area contributed by atoms with Crippen LogP contribution in [0.1, 0.15) is 32.6 Å². The first-order chi connectivity index (χ1) is 8.18. The van der Waals surface area contributed by atoms with Crippen molar-refractivity contribution >= 4 is 11.8 Å². The van der Waals surface area contributed by atoms with Crippen LogP contribution in [0.3, 0.4) is 0 Å². The van der Waals surface area contributed by atoms with Gasteiger partial charge >= 0.3 is 0 Å². The molecule has 0 aliphatic carbocycles. The summed E-state index contributed by atoms with van der Waals surface area (Å²) < 4.78 is 0. The van der Waals surface area contributed by atoms with E-state index in [1.807, 2.05) is 0 Å². The topological polar surface area (TPSA) is 40.6 Å². The van der Waals surface area contributed by atoms with Gasteiger partial charge in [0.25, 0.3) is 0 Å². The Morgan fingerprint density at radius 3 is 2.76 bits per heavy atom. The van der Waals surface area contributed by atoms with E-state index in [-0.39, 0.29) is 17.9 Å². The maximum absolute atomic E-state index is 11.5. The van der Waals surface area contributed by atoms with Crippen molar-refractivity contribution in [3.05, 3.63) is 0 Å². The van der Waals surface area contributed by atoms with E-state index in [4.69, 9.17) is 0 Å². The van der Waals surface area contributed by atoms with E-state index in [1.54, 1.807) is 0 Å². The van der Waals surface area contributed by atoms with Gasteiger partial charge in [0.2, 0.25) is 11.8 Å². The van der Waals surface area contributed by atoms with Crippen LogP contribution < -0.4 is 0 Å². The van der Waals surface area contributed by atoms with Gasteiger partial charge < -0.3 is 0 Å². The highest BCUT2D eigenvalue weighted by atomic mass is 16.2. The molecule has 0 spiro atoms. The largest absolute Gasteiger partial charge is 0.292 e. The Balaban J connectivity index is 1.91. The predicted molar refractivity (Wildman–Crippen MR) is 64.0 cm³/mol. The summed E-state index contributed by atoms with van der Waals surface area (Å²) in [5.74, 6) is 5.90. The Bertz CT molecular complexity index is 375. The van der Waals surface area contributed by atoms with Crippen LogP contribution in [-0.2, 0) is 9.59 Å². The van der Waals surface area contributed by atoms with E-state index in [2.05, 4.69) is 16.7 Å². The average Bonchev–Trinajstić information content (AvgIpc) is 2.88. The Morgan fingerprint density at radius 2 is 2.12 bits per heavy atom. The zero-order valence-electron chi connectivity index (χ0n) is 10.2. The van der Waals surface area contributed by atoms with Gasteiger partial charge in [-0.05, 0) is 32.4 Å². The SMILES string of the molecule is CC(=O)N1C(=O)CCC1C#CCN1CCCC1. The maximum Gasteiger partial charge on any atom is 0.230 e. The molecule has 1 atom stereocenters. The molecule has 2 saturated heterocycles. The van der Waals surface area contributed by atoms with Crippen LogP contribution in [0.4, 0.5) is 0 Å². The lowest BCUT2D eigenvalue weighted by Crippen LogP contribution is -2.36. The number of nitrogens with zero attached hydrogens (tertiary/aromatic N) is 2. The van der Waals surface area contributed by atoms with E-state index < -0.39 is 0 Å². The van der Waals surface area contributed by atoms with E-state index in [9.17, 15) is 9.59 Å². The van der Waals surface area contributed by atoms with E-state index in [0.717, 1.165) is 19.6 Å². The minimum atomic E-state index is -0.192. The van der Waals surface area contributed by atoms with Gasteiger partial charge in [-0.3, -0.25) is 19.4 Å². The fourth-order valence-electron chi connectivity index (χ4n) is 2.43. The van der Waals surface area contributed by atoms with Crippen molar-refractivity contribution in [2.24, 2.45) is 0 Å². The van der Waals surface area contributed by atoms with Crippen LogP contribution in [0.2, 0.25) is 0 Å². The van der Waals surface area contributed by atoms with Crippen molar-refractivity contribution in [2.75, 3.05) is 19.6 Å². The fraction of sp³-hybridized carbons (Fsp3) is 0.692. The molecule has 0 saturated carbocycles. The molecule has 0 aromatic rings. The molecule has 17 heavy (non-hydrogen) atoms. The monoisotopic (exact) mass is 234 g/mol. The van der Waals surface area contributed by atoms with Crippen molar-refractivity contribution in [1.82, 2.24) is 9.80 Å². The molecular weight excluding hydrogens is 216 g/mol. The Morgan fingerprint density at radius 1 is 1.41 bits per heavy atom. The summed E-state index contributed by atoms with van der Waals surface area (Å²) in [4.78, 5) is 26.4. The molecule has 2 rings (SSSR count). The first kappa shape index (κ1) is 12.1. The van der Waals surface area contributed by atoms with E-state index in [0.29, 0.717) is 12.8 Å². The predicted octanol–water partition coefficient (Wildman–Crippen LogP) is 0.623. The summed E-state index contributed by atoms with van der Waals surface area (Å²) in [6.45, 7) is 4.43. The lowest BCUT2D eigenvalue weighted by Gasteiger charge is -2.16. The smallest absolute Gasteiger partial charge is 0.230 e. The van der Waals surface area contributed by atoms with Gasteiger partial charge in [0.05, 0.1) is 6.54 Å². The molecule has 0 radical (unpaired) electrons. The molecule has 2 aliphatic rings. The fourth-order valence-corrected chi connectivity index (χ4v) is 2.43. The molecule has 4 nitrogen and oxygen atoms in total. The van der Waals surface area contributed by atoms with Crippen LogP contribution in [0.15, 0.2) is 0 Å². The van der Waals surface area contributed by atoms with Crippen LogP contribution in [-0.4, -0.2) is 47.3 Å². The molecule has 0 N–H and O–H groups in total. The number of carbonyl (C=O) groups excluding carboxylic acids is 2. The summed E-state index contributed by atoms with van der Waals surface area (Å²) in [6.07, 6.45) is 3.64. The van der Waals surface area contributed by atoms with Crippen molar-refractivity contribution in [1.29, 1.82) is 0 Å². The van der Waals surface area contributed by atoms with Crippen LogP contribution >= 0.6 is 0 Å². The second-order valence-electron chi connectivity index (χ2n) is 4.64. The zero-order valence-corrected chi connectivity index (χ0v) is 10.2. The van der Waals surface area contributed by atoms with Crippen LogP contribution in [0, 0.1) is 11.8 Å². The third kappa shape index (κ3) is 2.86. The molecule has 2 fully saturated rings. The quantitative estimate of drug-likeness (QED) is 0.625. The molecule has 1 unspecified atom stereocenters. The van der Waals surface area contributed by atoms with Gasteiger partial charge in [0.1, 0.15) is 6.04 Å². The number of imide groups is 1. The number of hydrogen-bond donors (Lipinski definition) is 0. The Labute approximate surface area is 102 Å². The van der Waals surface area contributed by atoms with Gasteiger partial charge in [-0.25, -0.2) is 0 Å². The number of hydrogen-bond acceptors (Lipinski definition) is 3. The molecular formula is C13H18N2O2. The minimum absolute atomic E-state index is 0.0852. The molecule has 92 valence electrons. The van der Waals surface area contributed by atoms with Gasteiger partial charge in [0, 0.05) is 13.3 Å². The van der Waals surface area contributed by atoms with Crippen LogP contribution in [0.5, 0.6) is 0 Å². The average molecular weight is 234 g/mol. The number of rotatable bonds is 1. The lowest BCUT2D eigenvalue weighted by atomic mass is 10.2. The summed E-state index contributed by atoms with van der Waals surface area (Å²) in [5.41, 5.74) is 0. The number of likely N-dealkylation sites (tertiary alicyclic amines) is 2. The lowest BCUT2D eigenvalue weighted by molar-refractivity contribution is -0.141. The highest BCUT2D eigenvalue weighted by Crippen LogP contribution is 2.18. The van der Waals surface area contributed by atoms with E-state index in [1.165, 1.54) is 24.7 Å². The Hall–Kier alpha value is -1.34. The molecule has 0 aromatic heterocycles. The first-order valence-corrected chi connectivity index (χ1v) is 6.22. The molecule has 2 heterocycles. The van der Waals surface area contributed by atoms with Gasteiger partial charge in [0.15, 0.2) is 0 Å². The standard InChI is InChI=1S/C13H18N2O2/c1-11(16)15-12(6-7-13(15)17)5-4-10-14-8-2-3-9-14/h12H,2-3,6-10H2,1H3. The normalized spacial score (nSPS) is 24.9. The highest BCUT2D eigenvalue weighted by molar-refractivity contribution is 5.96. The minimum Gasteiger partial charge on any atom is -0.292 e. The van der Waals surface area contributed by atoms with Crippen molar-refractivity contribution < 1.29 is 9.59 Å². The van der Waals surface area contributed by atoms with E-state index >= 15 is 0 Å². The van der Waals surface area contributed by atoms with Crippen molar-refractivity contribution in [3.8, 4) is 11.8 Å². The maximum atomic E-state index is 11.5. The third-order valence-electron chi connectivity index (χ3n) is 3.32. The summed E-state index contributed by atoms with van der Waals surface area (Å²) in [7, 11) is 0. The molecule has 4 heteroatoms. The third-order valence-corrected chi connectivity index (χ3v) is 3.32. The molecule has 2 amide bonds. The summed E-state index contributed by atoms with van der Waals surface area (Å²) in [5, 5.41) is 0. The second-order valence-corrected chi connectivity index (χ2v) is 4.64. The molecule has 0 bridgehead atoms. The second kappa shape index (κ2) is 5.33. The van der Waals surface area contributed by atoms with Gasteiger partial charge in [-0.15, -0.1) is 0 Å². The van der Waals surface area contributed by atoms with Crippen molar-refractivity contribution in [3.63, 3.8) is 0 Å². The first-order valence-electron chi connectivity index (χ1n) is 6.22. The number of carbonyl (C=O) groups is 2. The summed E-state index contributed by atoms with van der Waals surface area (Å²) in [6, 6.07) is -0.192. The number of amides is 2. The molecule has 2 aliphatic heterocycles. The van der Waals surface area contributed by atoms with Crippen LogP contribution in [0.25, 0.3) is 0 Å². The highest BCUT2D eigenvalue weighted by Gasteiger charge is 2.32. The zero-order chi connectivity index (χ0) is 12.3.